The molecule has 1 aliphatic carbocycles. The molecule has 0 bridgehead atoms. The Morgan fingerprint density at radius 3 is 2.69 bits per heavy atom. The van der Waals surface area contributed by atoms with Crippen molar-refractivity contribution in [1.82, 2.24) is 10.3 Å². The van der Waals surface area contributed by atoms with Gasteiger partial charge in [-0.3, -0.25) is 0 Å². The molecule has 138 valence electrons. The number of alkyl carbamates (subject to hydrolysis) is 1. The summed E-state index contributed by atoms with van der Waals surface area (Å²) in [7, 11) is 0. The van der Waals surface area contributed by atoms with Crippen LogP contribution in [0.15, 0.2) is 36.5 Å². The van der Waals surface area contributed by atoms with Gasteiger partial charge in [0.25, 0.3) is 0 Å². The Hall–Kier alpha value is -2.07. The van der Waals surface area contributed by atoms with E-state index in [1.807, 2.05) is 32.9 Å². The molecule has 4 nitrogen and oxygen atoms in total. The second kappa shape index (κ2) is 7.67. The van der Waals surface area contributed by atoms with Crippen molar-refractivity contribution in [2.24, 2.45) is 0 Å². The van der Waals surface area contributed by atoms with Crippen molar-refractivity contribution in [2.45, 2.75) is 58.1 Å². The van der Waals surface area contributed by atoms with Crippen molar-refractivity contribution in [2.75, 3.05) is 0 Å². The van der Waals surface area contributed by atoms with E-state index in [1.165, 1.54) is 11.1 Å². The molecule has 26 heavy (non-hydrogen) atoms. The number of fused-ring (bicyclic) bond motifs is 1. The number of carbonyl (C=O) groups is 1. The molecular weight excluding hydrogens is 348 g/mol. The zero-order valence-electron chi connectivity index (χ0n) is 15.5. The lowest BCUT2D eigenvalue weighted by Crippen LogP contribution is -2.35. The number of nitrogens with zero attached hydrogens (tertiary/aromatic N) is 1. The predicted octanol–water partition coefficient (Wildman–Crippen LogP) is 5.69. The highest BCUT2D eigenvalue weighted by Crippen LogP contribution is 2.32. The molecule has 5 heteroatoms. The molecule has 0 saturated carbocycles. The third kappa shape index (κ3) is 4.76. The van der Waals surface area contributed by atoms with Gasteiger partial charge in [-0.05, 0) is 74.4 Å². The smallest absolute Gasteiger partial charge is 0.408 e. The van der Waals surface area contributed by atoms with Gasteiger partial charge in [-0.2, -0.15) is 0 Å². The minimum absolute atomic E-state index is 0.0163. The number of nitrogens with one attached hydrogen (secondary N) is 1. The number of halogens is 1. The monoisotopic (exact) mass is 372 g/mol. The maximum atomic E-state index is 12.2. The maximum Gasteiger partial charge on any atom is 0.408 e. The van der Waals surface area contributed by atoms with E-state index in [2.05, 4.69) is 28.5 Å². The molecule has 0 spiro atoms. The summed E-state index contributed by atoms with van der Waals surface area (Å²) in [6, 6.07) is 10.2. The van der Waals surface area contributed by atoms with Gasteiger partial charge >= 0.3 is 6.09 Å². The predicted molar refractivity (Wildman–Crippen MR) is 104 cm³/mol. The van der Waals surface area contributed by atoms with Crippen LogP contribution in [0.4, 0.5) is 4.79 Å². The van der Waals surface area contributed by atoms with Crippen LogP contribution in [-0.2, 0) is 11.2 Å². The van der Waals surface area contributed by atoms with E-state index in [1.54, 1.807) is 6.20 Å². The van der Waals surface area contributed by atoms with Gasteiger partial charge in [0.1, 0.15) is 10.8 Å². The maximum absolute atomic E-state index is 12.2. The normalized spacial score (nSPS) is 17.2. The average Bonchev–Trinajstić information content (AvgIpc) is 2.75. The fourth-order valence-corrected chi connectivity index (χ4v) is 3.52. The Balaban J connectivity index is 1.86. The van der Waals surface area contributed by atoms with Gasteiger partial charge in [-0.1, -0.05) is 36.2 Å². The molecule has 1 aromatic heterocycles. The highest BCUT2D eigenvalue weighted by molar-refractivity contribution is 6.29. The van der Waals surface area contributed by atoms with Crippen LogP contribution in [0.3, 0.4) is 0 Å². The Bertz CT molecular complexity index is 799. The van der Waals surface area contributed by atoms with Crippen LogP contribution in [0.25, 0.3) is 11.1 Å². The summed E-state index contributed by atoms with van der Waals surface area (Å²) in [5, 5.41) is 3.54. The van der Waals surface area contributed by atoms with Crippen molar-refractivity contribution in [3.63, 3.8) is 0 Å². The van der Waals surface area contributed by atoms with Crippen LogP contribution in [-0.4, -0.2) is 16.7 Å². The van der Waals surface area contributed by atoms with E-state index in [9.17, 15) is 4.79 Å². The van der Waals surface area contributed by atoms with Crippen LogP contribution in [0.2, 0.25) is 5.15 Å². The summed E-state index contributed by atoms with van der Waals surface area (Å²) in [6.45, 7) is 5.62. The number of benzene rings is 1. The second-order valence-electron chi connectivity index (χ2n) is 7.73. The summed E-state index contributed by atoms with van der Waals surface area (Å²) in [4.78, 5) is 16.3. The molecule has 1 atom stereocenters. The van der Waals surface area contributed by atoms with E-state index >= 15 is 0 Å². The van der Waals surface area contributed by atoms with Crippen LogP contribution < -0.4 is 5.32 Å². The lowest BCUT2D eigenvalue weighted by Gasteiger charge is -2.24. The molecule has 0 saturated heterocycles. The van der Waals surface area contributed by atoms with Gasteiger partial charge < -0.3 is 10.1 Å². The zero-order chi connectivity index (χ0) is 18.7. The molecule has 0 radical (unpaired) electrons. The van der Waals surface area contributed by atoms with Crippen molar-refractivity contribution in [3.8, 4) is 11.1 Å². The van der Waals surface area contributed by atoms with Crippen LogP contribution in [0, 0.1) is 0 Å². The standard InChI is InChI=1S/C21H25ClN2O2/c1-21(2,3)26-20(25)24-18-7-5-4-6-16-12-14(8-9-17(16)18)15-10-11-23-19(22)13-15/h8-13,18H,4-7H2,1-3H3,(H,24,25)/t18-/m1/s1. The quantitative estimate of drug-likeness (QED) is 0.543. The molecule has 1 amide bonds. The van der Waals surface area contributed by atoms with Crippen molar-refractivity contribution >= 4 is 17.7 Å². The van der Waals surface area contributed by atoms with E-state index in [4.69, 9.17) is 16.3 Å². The number of ether oxygens (including phenoxy) is 1. The summed E-state index contributed by atoms with van der Waals surface area (Å²) in [5.41, 5.74) is 4.12. The fraction of sp³-hybridized carbons (Fsp3) is 0.429. The number of hydrogen-bond acceptors (Lipinski definition) is 3. The second-order valence-corrected chi connectivity index (χ2v) is 8.11. The molecule has 1 aromatic carbocycles. The lowest BCUT2D eigenvalue weighted by atomic mass is 9.94. The summed E-state index contributed by atoms with van der Waals surface area (Å²) in [6.07, 6.45) is 5.48. The topological polar surface area (TPSA) is 51.2 Å². The number of aryl methyl sites for hydroxylation is 1. The SMILES string of the molecule is CC(C)(C)OC(=O)N[C@@H]1CCCCc2cc(-c3ccnc(Cl)c3)ccc21. The highest BCUT2D eigenvalue weighted by atomic mass is 35.5. The third-order valence-electron chi connectivity index (χ3n) is 4.46. The fourth-order valence-electron chi connectivity index (χ4n) is 3.34. The average molecular weight is 373 g/mol. The lowest BCUT2D eigenvalue weighted by molar-refractivity contribution is 0.0501. The third-order valence-corrected chi connectivity index (χ3v) is 4.66. The number of pyridine rings is 1. The molecule has 0 fully saturated rings. The van der Waals surface area contributed by atoms with E-state index < -0.39 is 5.60 Å². The number of amides is 1. The van der Waals surface area contributed by atoms with Crippen molar-refractivity contribution in [1.29, 1.82) is 0 Å². The molecule has 0 aliphatic heterocycles. The van der Waals surface area contributed by atoms with Gasteiger partial charge in [-0.25, -0.2) is 9.78 Å². The Kier molecular flexibility index (Phi) is 5.52. The first-order chi connectivity index (χ1) is 12.3. The Labute approximate surface area is 159 Å². The largest absolute Gasteiger partial charge is 0.444 e. The first kappa shape index (κ1) is 18.7. The molecular formula is C21H25ClN2O2. The minimum atomic E-state index is -0.498. The van der Waals surface area contributed by atoms with Gasteiger partial charge in [0, 0.05) is 6.20 Å². The molecule has 2 aromatic rings. The number of carbonyl (C=O) groups excluding carboxylic acids is 1. The van der Waals surface area contributed by atoms with Crippen molar-refractivity contribution < 1.29 is 9.53 Å². The zero-order valence-corrected chi connectivity index (χ0v) is 16.3. The summed E-state index contributed by atoms with van der Waals surface area (Å²) in [5.74, 6) is 0. The number of aromatic nitrogens is 1. The Morgan fingerprint density at radius 2 is 1.96 bits per heavy atom. The first-order valence-electron chi connectivity index (χ1n) is 9.06. The highest BCUT2D eigenvalue weighted by Gasteiger charge is 2.24. The molecule has 1 N–H and O–H groups in total. The Morgan fingerprint density at radius 1 is 1.19 bits per heavy atom. The van der Waals surface area contributed by atoms with E-state index in [0.29, 0.717) is 5.15 Å². The summed E-state index contributed by atoms with van der Waals surface area (Å²) < 4.78 is 5.43. The van der Waals surface area contributed by atoms with Crippen LogP contribution >= 0.6 is 11.6 Å². The van der Waals surface area contributed by atoms with Gasteiger partial charge in [0.2, 0.25) is 0 Å². The van der Waals surface area contributed by atoms with Gasteiger partial charge in [0.15, 0.2) is 0 Å². The molecule has 1 aliphatic rings. The van der Waals surface area contributed by atoms with Crippen LogP contribution in [0.1, 0.15) is 57.2 Å². The van der Waals surface area contributed by atoms with Crippen LogP contribution in [0.5, 0.6) is 0 Å². The van der Waals surface area contributed by atoms with E-state index in [0.717, 1.165) is 36.8 Å². The van der Waals surface area contributed by atoms with Gasteiger partial charge in [0.05, 0.1) is 6.04 Å². The minimum Gasteiger partial charge on any atom is -0.444 e. The molecule has 0 unspecified atom stereocenters. The molecule has 1 heterocycles. The first-order valence-corrected chi connectivity index (χ1v) is 9.44. The van der Waals surface area contributed by atoms with Crippen molar-refractivity contribution in [3.05, 3.63) is 52.8 Å². The van der Waals surface area contributed by atoms with E-state index in [-0.39, 0.29) is 12.1 Å². The number of hydrogen-bond donors (Lipinski definition) is 1. The number of rotatable bonds is 2. The van der Waals surface area contributed by atoms with Gasteiger partial charge in [-0.15, -0.1) is 0 Å². The summed E-state index contributed by atoms with van der Waals surface area (Å²) >= 11 is 6.02. The molecule has 3 rings (SSSR count).